The van der Waals surface area contributed by atoms with Gasteiger partial charge in [0, 0.05) is 39.8 Å². The molecule has 1 aliphatic rings. The van der Waals surface area contributed by atoms with Gasteiger partial charge in [-0.25, -0.2) is 0 Å². The molecule has 0 unspecified atom stereocenters. The van der Waals surface area contributed by atoms with E-state index in [2.05, 4.69) is 10.2 Å². The Balaban J connectivity index is 1.71. The fourth-order valence-corrected chi connectivity index (χ4v) is 2.91. The zero-order valence-electron chi connectivity index (χ0n) is 12.2. The van der Waals surface area contributed by atoms with Crippen LogP contribution in [0.1, 0.15) is 9.67 Å². The lowest BCUT2D eigenvalue weighted by atomic mass is 10.3. The summed E-state index contributed by atoms with van der Waals surface area (Å²) in [7, 11) is 1.61. The van der Waals surface area contributed by atoms with Gasteiger partial charge in [0.2, 0.25) is 5.91 Å². The first-order valence-electron chi connectivity index (χ1n) is 7.01. The van der Waals surface area contributed by atoms with Gasteiger partial charge in [0.05, 0.1) is 18.0 Å². The molecule has 0 bridgehead atoms. The molecule has 6 nitrogen and oxygen atoms in total. The van der Waals surface area contributed by atoms with Gasteiger partial charge in [-0.15, -0.1) is 11.3 Å². The Bertz CT molecular complexity index is 456. The first kappa shape index (κ1) is 15.9. The highest BCUT2D eigenvalue weighted by atomic mass is 32.1. The second-order valence-electron chi connectivity index (χ2n) is 4.89. The summed E-state index contributed by atoms with van der Waals surface area (Å²) in [6, 6.07) is 3.74. The zero-order chi connectivity index (χ0) is 15.1. The smallest absolute Gasteiger partial charge is 0.264 e. The van der Waals surface area contributed by atoms with E-state index in [9.17, 15) is 9.59 Å². The van der Waals surface area contributed by atoms with Gasteiger partial charge >= 0.3 is 0 Å². The molecule has 0 aromatic carbocycles. The maximum atomic E-state index is 12.2. The summed E-state index contributed by atoms with van der Waals surface area (Å²) in [5.41, 5.74) is 0. The molecule has 0 spiro atoms. The standard InChI is InChI=1S/C14H21N3O3S/c1-20-9-4-15-13(18)11-16-5-7-17(8-6-16)14(19)12-3-2-10-21-12/h2-3,10H,4-9,11H2,1H3,(H,15,18). The van der Waals surface area contributed by atoms with E-state index in [-0.39, 0.29) is 11.8 Å². The van der Waals surface area contributed by atoms with Crippen molar-refractivity contribution < 1.29 is 14.3 Å². The minimum atomic E-state index is 0.00471. The zero-order valence-corrected chi connectivity index (χ0v) is 13.0. The number of thiophene rings is 1. The van der Waals surface area contributed by atoms with Crippen LogP contribution in [0.5, 0.6) is 0 Å². The minimum Gasteiger partial charge on any atom is -0.383 e. The molecule has 0 aliphatic carbocycles. The van der Waals surface area contributed by atoms with Crippen LogP contribution in [0.4, 0.5) is 0 Å². The molecule has 2 rings (SSSR count). The number of methoxy groups -OCH3 is 1. The Morgan fingerprint density at radius 2 is 2.10 bits per heavy atom. The summed E-state index contributed by atoms with van der Waals surface area (Å²) in [5, 5.41) is 4.71. The van der Waals surface area contributed by atoms with Crippen LogP contribution in [0.15, 0.2) is 17.5 Å². The van der Waals surface area contributed by atoms with E-state index in [0.29, 0.717) is 32.8 Å². The summed E-state index contributed by atoms with van der Waals surface area (Å²) in [6.07, 6.45) is 0. The van der Waals surface area contributed by atoms with E-state index in [1.807, 2.05) is 22.4 Å². The van der Waals surface area contributed by atoms with Crippen LogP contribution in [0.2, 0.25) is 0 Å². The Labute approximate surface area is 128 Å². The van der Waals surface area contributed by atoms with Crippen molar-refractivity contribution in [3.63, 3.8) is 0 Å². The third-order valence-corrected chi connectivity index (χ3v) is 4.24. The Kier molecular flexibility index (Phi) is 6.16. The molecule has 1 aliphatic heterocycles. The largest absolute Gasteiger partial charge is 0.383 e. The van der Waals surface area contributed by atoms with E-state index in [1.54, 1.807) is 7.11 Å². The van der Waals surface area contributed by atoms with Crippen LogP contribution in [-0.4, -0.2) is 74.6 Å². The topological polar surface area (TPSA) is 61.9 Å². The third kappa shape index (κ3) is 4.80. The van der Waals surface area contributed by atoms with E-state index in [4.69, 9.17) is 4.74 Å². The van der Waals surface area contributed by atoms with Gasteiger partial charge in [-0.1, -0.05) is 6.07 Å². The first-order chi connectivity index (χ1) is 10.2. The van der Waals surface area contributed by atoms with Crippen molar-refractivity contribution in [2.24, 2.45) is 0 Å². The summed E-state index contributed by atoms with van der Waals surface area (Å²) in [4.78, 5) is 28.6. The molecule has 2 amide bonds. The lowest BCUT2D eigenvalue weighted by Gasteiger charge is -2.34. The molecular weight excluding hydrogens is 290 g/mol. The molecule has 1 saturated heterocycles. The van der Waals surface area contributed by atoms with Crippen LogP contribution in [0.3, 0.4) is 0 Å². The molecule has 0 atom stereocenters. The quantitative estimate of drug-likeness (QED) is 0.766. The predicted octanol–water partition coefficient (Wildman–Crippen LogP) is 0.269. The number of hydrogen-bond donors (Lipinski definition) is 1. The first-order valence-corrected chi connectivity index (χ1v) is 7.89. The van der Waals surface area contributed by atoms with Crippen molar-refractivity contribution >= 4 is 23.2 Å². The van der Waals surface area contributed by atoms with Crippen LogP contribution in [0.25, 0.3) is 0 Å². The molecule has 1 fully saturated rings. The molecule has 1 N–H and O–H groups in total. The SMILES string of the molecule is COCCNC(=O)CN1CCN(C(=O)c2cccs2)CC1. The van der Waals surface area contributed by atoms with E-state index in [0.717, 1.165) is 18.0 Å². The molecule has 1 aromatic heterocycles. The van der Waals surface area contributed by atoms with Crippen molar-refractivity contribution in [1.82, 2.24) is 15.1 Å². The van der Waals surface area contributed by atoms with Gasteiger partial charge in [-0.2, -0.15) is 0 Å². The molecule has 1 aromatic rings. The third-order valence-electron chi connectivity index (χ3n) is 3.39. The highest BCUT2D eigenvalue weighted by Gasteiger charge is 2.23. The molecule has 116 valence electrons. The number of amides is 2. The summed E-state index contributed by atoms with van der Waals surface area (Å²) in [6.45, 7) is 4.24. The van der Waals surface area contributed by atoms with E-state index >= 15 is 0 Å². The van der Waals surface area contributed by atoms with Crippen molar-refractivity contribution in [2.75, 3.05) is 53.0 Å². The minimum absolute atomic E-state index is 0.00471. The second kappa shape index (κ2) is 8.11. The number of piperazine rings is 1. The fraction of sp³-hybridized carbons (Fsp3) is 0.571. The molecule has 0 saturated carbocycles. The van der Waals surface area contributed by atoms with Crippen molar-refractivity contribution in [2.45, 2.75) is 0 Å². The number of nitrogens with one attached hydrogen (secondary N) is 1. The van der Waals surface area contributed by atoms with Gasteiger partial charge in [0.25, 0.3) is 5.91 Å². The van der Waals surface area contributed by atoms with E-state index in [1.165, 1.54) is 11.3 Å². The van der Waals surface area contributed by atoms with Gasteiger partial charge < -0.3 is 15.0 Å². The molecule has 0 radical (unpaired) electrons. The fourth-order valence-electron chi connectivity index (χ4n) is 2.22. The number of rotatable bonds is 6. The Morgan fingerprint density at radius 3 is 2.71 bits per heavy atom. The average Bonchev–Trinajstić information content (AvgIpc) is 3.02. The maximum Gasteiger partial charge on any atom is 0.264 e. The predicted molar refractivity (Wildman–Crippen MR) is 81.5 cm³/mol. The monoisotopic (exact) mass is 311 g/mol. The number of ether oxygens (including phenoxy) is 1. The summed E-state index contributed by atoms with van der Waals surface area (Å²) >= 11 is 1.47. The van der Waals surface area contributed by atoms with Crippen LogP contribution in [-0.2, 0) is 9.53 Å². The summed E-state index contributed by atoms with van der Waals surface area (Å²) in [5.74, 6) is 0.0966. The average molecular weight is 311 g/mol. The Morgan fingerprint density at radius 1 is 1.33 bits per heavy atom. The maximum absolute atomic E-state index is 12.2. The number of hydrogen-bond acceptors (Lipinski definition) is 5. The van der Waals surface area contributed by atoms with E-state index < -0.39 is 0 Å². The van der Waals surface area contributed by atoms with Crippen LogP contribution in [0, 0.1) is 0 Å². The summed E-state index contributed by atoms with van der Waals surface area (Å²) < 4.78 is 4.89. The van der Waals surface area contributed by atoms with Crippen LogP contribution >= 0.6 is 11.3 Å². The van der Waals surface area contributed by atoms with Crippen molar-refractivity contribution in [3.8, 4) is 0 Å². The molecule has 2 heterocycles. The lowest BCUT2D eigenvalue weighted by Crippen LogP contribution is -2.51. The molecular formula is C14H21N3O3S. The molecule has 7 heteroatoms. The number of nitrogens with zero attached hydrogens (tertiary/aromatic N) is 2. The normalized spacial score (nSPS) is 16.0. The molecule has 21 heavy (non-hydrogen) atoms. The van der Waals surface area contributed by atoms with Gasteiger partial charge in [-0.3, -0.25) is 14.5 Å². The Hall–Kier alpha value is -1.44. The number of carbonyl (C=O) groups excluding carboxylic acids is 2. The van der Waals surface area contributed by atoms with Gasteiger partial charge in [-0.05, 0) is 11.4 Å². The van der Waals surface area contributed by atoms with Gasteiger partial charge in [0.1, 0.15) is 0 Å². The van der Waals surface area contributed by atoms with Gasteiger partial charge in [0.15, 0.2) is 0 Å². The highest BCUT2D eigenvalue weighted by molar-refractivity contribution is 7.12. The van der Waals surface area contributed by atoms with Crippen LogP contribution < -0.4 is 5.32 Å². The second-order valence-corrected chi connectivity index (χ2v) is 5.84. The van der Waals surface area contributed by atoms with Crippen molar-refractivity contribution in [1.29, 1.82) is 0 Å². The number of carbonyl (C=O) groups is 2. The lowest BCUT2D eigenvalue weighted by molar-refractivity contribution is -0.122. The highest BCUT2D eigenvalue weighted by Crippen LogP contribution is 2.13. The van der Waals surface area contributed by atoms with Crippen molar-refractivity contribution in [3.05, 3.63) is 22.4 Å².